The summed E-state index contributed by atoms with van der Waals surface area (Å²) in [5, 5.41) is 7.16. The highest BCUT2D eigenvalue weighted by atomic mass is 16.5. The molecule has 0 fully saturated rings. The van der Waals surface area contributed by atoms with E-state index in [1.807, 2.05) is 52.9 Å². The highest BCUT2D eigenvalue weighted by Gasteiger charge is 2.11. The first-order valence-corrected chi connectivity index (χ1v) is 8.15. The predicted molar refractivity (Wildman–Crippen MR) is 99.1 cm³/mol. The lowest BCUT2D eigenvalue weighted by atomic mass is 10.2. The molecule has 2 aromatic rings. The van der Waals surface area contributed by atoms with E-state index in [4.69, 9.17) is 9.47 Å². The number of aryl methyl sites for hydroxylation is 2. The van der Waals surface area contributed by atoms with E-state index in [2.05, 4.69) is 10.4 Å². The first-order valence-electron chi connectivity index (χ1n) is 8.15. The molecule has 2 rings (SSSR count). The second-order valence-electron chi connectivity index (χ2n) is 6.07. The van der Waals surface area contributed by atoms with E-state index in [0.29, 0.717) is 11.5 Å². The van der Waals surface area contributed by atoms with Gasteiger partial charge in [-0.05, 0) is 51.5 Å². The van der Waals surface area contributed by atoms with Crippen LogP contribution in [0.2, 0.25) is 0 Å². The molecule has 1 aromatic carbocycles. The summed E-state index contributed by atoms with van der Waals surface area (Å²) in [6.07, 6.45) is 3.29. The minimum absolute atomic E-state index is 0.0621. The summed E-state index contributed by atoms with van der Waals surface area (Å²) in [6, 6.07) is 5.55. The van der Waals surface area contributed by atoms with Gasteiger partial charge in [0.2, 0.25) is 5.91 Å². The van der Waals surface area contributed by atoms with Crippen molar-refractivity contribution in [2.24, 2.45) is 7.05 Å². The molecule has 6 nitrogen and oxygen atoms in total. The molecule has 0 radical (unpaired) electrons. The van der Waals surface area contributed by atoms with Crippen molar-refractivity contribution in [2.45, 2.75) is 33.8 Å². The lowest BCUT2D eigenvalue weighted by Gasteiger charge is -2.13. The molecule has 0 saturated carbocycles. The molecule has 1 heterocycles. The molecular weight excluding hydrogens is 318 g/mol. The Balaban J connectivity index is 2.11. The smallest absolute Gasteiger partial charge is 0.248 e. The van der Waals surface area contributed by atoms with Crippen LogP contribution in [0.5, 0.6) is 11.5 Å². The van der Waals surface area contributed by atoms with Crippen molar-refractivity contribution in [3.8, 4) is 11.5 Å². The second-order valence-corrected chi connectivity index (χ2v) is 6.07. The van der Waals surface area contributed by atoms with Crippen LogP contribution in [0.3, 0.4) is 0 Å². The van der Waals surface area contributed by atoms with Gasteiger partial charge in [-0.2, -0.15) is 5.10 Å². The third kappa shape index (κ3) is 4.62. The number of benzene rings is 1. The molecule has 0 unspecified atom stereocenters. The number of carbonyl (C=O) groups is 1. The molecule has 0 spiro atoms. The standard InChI is InChI=1S/C19H25N3O3/c1-12(2)25-16-9-7-15(11-17(16)24-6)8-10-18(23)20-19-13(3)21-22(5)14(19)4/h7-12H,1-6H3,(H,20,23). The van der Waals surface area contributed by atoms with Crippen LogP contribution < -0.4 is 14.8 Å². The Labute approximate surface area is 148 Å². The fourth-order valence-corrected chi connectivity index (χ4v) is 2.43. The van der Waals surface area contributed by atoms with Crippen molar-refractivity contribution in [3.05, 3.63) is 41.2 Å². The normalized spacial score (nSPS) is 11.2. The Hall–Kier alpha value is -2.76. The summed E-state index contributed by atoms with van der Waals surface area (Å²) in [6.45, 7) is 7.70. The Morgan fingerprint density at radius 2 is 2.00 bits per heavy atom. The molecular formula is C19H25N3O3. The molecule has 6 heteroatoms. The number of rotatable bonds is 6. The first kappa shape index (κ1) is 18.6. The van der Waals surface area contributed by atoms with Gasteiger partial charge in [0.1, 0.15) is 0 Å². The maximum atomic E-state index is 12.2. The van der Waals surface area contributed by atoms with Gasteiger partial charge in [0.25, 0.3) is 0 Å². The number of ether oxygens (including phenoxy) is 2. The van der Waals surface area contributed by atoms with E-state index in [1.54, 1.807) is 17.9 Å². The lowest BCUT2D eigenvalue weighted by Crippen LogP contribution is -2.09. The average Bonchev–Trinajstić information content (AvgIpc) is 2.79. The topological polar surface area (TPSA) is 65.4 Å². The van der Waals surface area contributed by atoms with Crippen LogP contribution in [0.15, 0.2) is 24.3 Å². The van der Waals surface area contributed by atoms with Crippen molar-refractivity contribution in [1.29, 1.82) is 0 Å². The van der Waals surface area contributed by atoms with Crippen LogP contribution in [0, 0.1) is 13.8 Å². The molecule has 0 aliphatic carbocycles. The second kappa shape index (κ2) is 7.88. The van der Waals surface area contributed by atoms with Crippen LogP contribution >= 0.6 is 0 Å². The monoisotopic (exact) mass is 343 g/mol. The summed E-state index contributed by atoms with van der Waals surface area (Å²) < 4.78 is 12.8. The van der Waals surface area contributed by atoms with Crippen LogP contribution in [0.4, 0.5) is 5.69 Å². The maximum Gasteiger partial charge on any atom is 0.248 e. The number of hydrogen-bond donors (Lipinski definition) is 1. The molecule has 0 aliphatic rings. The van der Waals surface area contributed by atoms with Crippen LogP contribution in [0.25, 0.3) is 6.08 Å². The third-order valence-corrected chi connectivity index (χ3v) is 3.73. The molecule has 0 bridgehead atoms. The number of nitrogens with one attached hydrogen (secondary N) is 1. The Morgan fingerprint density at radius 1 is 1.28 bits per heavy atom. The van der Waals surface area contributed by atoms with Gasteiger partial charge in [-0.1, -0.05) is 6.07 Å². The largest absolute Gasteiger partial charge is 0.493 e. The van der Waals surface area contributed by atoms with Crippen molar-refractivity contribution < 1.29 is 14.3 Å². The van der Waals surface area contributed by atoms with Crippen molar-refractivity contribution in [2.75, 3.05) is 12.4 Å². The lowest BCUT2D eigenvalue weighted by molar-refractivity contribution is -0.111. The Morgan fingerprint density at radius 3 is 2.56 bits per heavy atom. The van der Waals surface area contributed by atoms with Gasteiger partial charge in [-0.25, -0.2) is 0 Å². The predicted octanol–water partition coefficient (Wildman–Crippen LogP) is 3.48. The molecule has 0 atom stereocenters. The minimum Gasteiger partial charge on any atom is -0.493 e. The highest BCUT2D eigenvalue weighted by molar-refractivity contribution is 6.02. The van der Waals surface area contributed by atoms with E-state index < -0.39 is 0 Å². The fourth-order valence-electron chi connectivity index (χ4n) is 2.43. The van der Waals surface area contributed by atoms with Gasteiger partial charge in [0, 0.05) is 13.1 Å². The van der Waals surface area contributed by atoms with Crippen molar-refractivity contribution >= 4 is 17.7 Å². The molecule has 134 valence electrons. The van der Waals surface area contributed by atoms with Gasteiger partial charge < -0.3 is 14.8 Å². The zero-order valence-corrected chi connectivity index (χ0v) is 15.6. The number of methoxy groups -OCH3 is 1. The zero-order valence-electron chi connectivity index (χ0n) is 15.6. The first-order chi connectivity index (χ1) is 11.8. The number of amides is 1. The highest BCUT2D eigenvalue weighted by Crippen LogP contribution is 2.29. The molecule has 1 amide bonds. The van der Waals surface area contributed by atoms with Crippen LogP contribution in [0.1, 0.15) is 30.8 Å². The summed E-state index contributed by atoms with van der Waals surface area (Å²) in [5.74, 6) is 1.11. The molecule has 25 heavy (non-hydrogen) atoms. The molecule has 1 N–H and O–H groups in total. The van der Waals surface area contributed by atoms with Gasteiger partial charge in [0.15, 0.2) is 11.5 Å². The van der Waals surface area contributed by atoms with Gasteiger partial charge in [-0.3, -0.25) is 9.48 Å². The third-order valence-electron chi connectivity index (χ3n) is 3.73. The van der Waals surface area contributed by atoms with Crippen LogP contribution in [-0.2, 0) is 11.8 Å². The number of nitrogens with zero attached hydrogens (tertiary/aromatic N) is 2. The summed E-state index contributed by atoms with van der Waals surface area (Å²) in [5.41, 5.74) is 3.30. The summed E-state index contributed by atoms with van der Waals surface area (Å²) in [7, 11) is 3.44. The number of aromatic nitrogens is 2. The molecule has 0 aliphatic heterocycles. The van der Waals surface area contributed by atoms with Gasteiger partial charge in [-0.15, -0.1) is 0 Å². The van der Waals surface area contributed by atoms with E-state index in [1.165, 1.54) is 6.08 Å². The van der Waals surface area contributed by atoms with Gasteiger partial charge in [0.05, 0.1) is 30.3 Å². The van der Waals surface area contributed by atoms with Crippen LogP contribution in [-0.4, -0.2) is 28.9 Å². The van der Waals surface area contributed by atoms with Gasteiger partial charge >= 0.3 is 0 Å². The Kier molecular flexibility index (Phi) is 5.85. The average molecular weight is 343 g/mol. The minimum atomic E-state index is -0.208. The SMILES string of the molecule is COc1cc(C=CC(=O)Nc2c(C)nn(C)c2C)ccc1OC(C)C. The number of hydrogen-bond acceptors (Lipinski definition) is 4. The molecule has 0 saturated heterocycles. The molecule has 1 aromatic heterocycles. The number of anilines is 1. The van der Waals surface area contributed by atoms with E-state index in [-0.39, 0.29) is 12.0 Å². The van der Waals surface area contributed by atoms with E-state index >= 15 is 0 Å². The van der Waals surface area contributed by atoms with E-state index in [9.17, 15) is 4.79 Å². The summed E-state index contributed by atoms with van der Waals surface area (Å²) in [4.78, 5) is 12.2. The zero-order chi connectivity index (χ0) is 18.6. The summed E-state index contributed by atoms with van der Waals surface area (Å²) >= 11 is 0. The number of carbonyl (C=O) groups excluding carboxylic acids is 1. The fraction of sp³-hybridized carbons (Fsp3) is 0.368. The quantitative estimate of drug-likeness (QED) is 0.816. The maximum absolute atomic E-state index is 12.2. The van der Waals surface area contributed by atoms with E-state index in [0.717, 1.165) is 22.6 Å². The Bertz CT molecular complexity index is 791. The van der Waals surface area contributed by atoms with Crippen molar-refractivity contribution in [1.82, 2.24) is 9.78 Å². The van der Waals surface area contributed by atoms with Crippen molar-refractivity contribution in [3.63, 3.8) is 0 Å².